The Kier molecular flexibility index (Phi) is 5.18. The lowest BCUT2D eigenvalue weighted by molar-refractivity contribution is 0.102. The standard InChI is InChI=1S/C19H20FNO3S/c20-17-3-1-2-16(12-17)19(22)21-18-8-6-14(7-9-18)4-5-15-10-11-25(23,24)13-15/h1-3,6-9,12,15H,4-5,10-11,13H2,(H,21,22). The zero-order valence-corrected chi connectivity index (χ0v) is 14.6. The van der Waals surface area contributed by atoms with Crippen molar-refractivity contribution in [3.05, 3.63) is 65.5 Å². The normalized spacial score (nSPS) is 18.8. The van der Waals surface area contributed by atoms with Gasteiger partial charge in [0.2, 0.25) is 0 Å². The monoisotopic (exact) mass is 361 g/mol. The lowest BCUT2D eigenvalue weighted by Crippen LogP contribution is -2.12. The van der Waals surface area contributed by atoms with Crippen molar-refractivity contribution in [1.82, 2.24) is 0 Å². The predicted molar refractivity (Wildman–Crippen MR) is 95.9 cm³/mol. The molecule has 1 atom stereocenters. The summed E-state index contributed by atoms with van der Waals surface area (Å²) in [7, 11) is -2.82. The van der Waals surface area contributed by atoms with E-state index in [2.05, 4.69) is 5.32 Å². The van der Waals surface area contributed by atoms with E-state index < -0.39 is 15.7 Å². The number of aryl methyl sites for hydroxylation is 1. The summed E-state index contributed by atoms with van der Waals surface area (Å²) < 4.78 is 36.1. The minimum Gasteiger partial charge on any atom is -0.322 e. The van der Waals surface area contributed by atoms with E-state index in [1.54, 1.807) is 18.2 Å². The fourth-order valence-corrected chi connectivity index (χ4v) is 4.97. The number of benzene rings is 2. The Morgan fingerprint density at radius 2 is 1.92 bits per heavy atom. The summed E-state index contributed by atoms with van der Waals surface area (Å²) in [4.78, 5) is 12.1. The van der Waals surface area contributed by atoms with Crippen LogP contribution in [0.2, 0.25) is 0 Å². The van der Waals surface area contributed by atoms with E-state index in [0.29, 0.717) is 17.2 Å². The average molecular weight is 361 g/mol. The van der Waals surface area contributed by atoms with Crippen molar-refractivity contribution in [1.29, 1.82) is 0 Å². The van der Waals surface area contributed by atoms with E-state index in [1.165, 1.54) is 18.2 Å². The Labute approximate surface area is 147 Å². The second-order valence-electron chi connectivity index (χ2n) is 6.47. The van der Waals surface area contributed by atoms with Crippen LogP contribution in [0.25, 0.3) is 0 Å². The SMILES string of the molecule is O=C(Nc1ccc(CCC2CCS(=O)(=O)C2)cc1)c1cccc(F)c1. The summed E-state index contributed by atoms with van der Waals surface area (Å²) in [6, 6.07) is 13.0. The van der Waals surface area contributed by atoms with Crippen molar-refractivity contribution in [2.75, 3.05) is 16.8 Å². The van der Waals surface area contributed by atoms with Crippen LogP contribution in [0.15, 0.2) is 48.5 Å². The van der Waals surface area contributed by atoms with Gasteiger partial charge in [0, 0.05) is 11.3 Å². The molecule has 0 aliphatic carbocycles. The molecule has 1 heterocycles. The Hall–Kier alpha value is -2.21. The maximum Gasteiger partial charge on any atom is 0.255 e. The molecule has 0 aromatic heterocycles. The van der Waals surface area contributed by atoms with Gasteiger partial charge in [-0.25, -0.2) is 12.8 Å². The lowest BCUT2D eigenvalue weighted by atomic mass is 9.99. The molecule has 0 saturated carbocycles. The van der Waals surface area contributed by atoms with Crippen molar-refractivity contribution in [3.63, 3.8) is 0 Å². The third-order valence-corrected chi connectivity index (χ3v) is 6.30. The molecule has 0 bridgehead atoms. The second-order valence-corrected chi connectivity index (χ2v) is 8.70. The zero-order chi connectivity index (χ0) is 17.9. The van der Waals surface area contributed by atoms with E-state index >= 15 is 0 Å². The van der Waals surface area contributed by atoms with E-state index in [4.69, 9.17) is 0 Å². The lowest BCUT2D eigenvalue weighted by Gasteiger charge is -2.09. The number of hydrogen-bond donors (Lipinski definition) is 1. The van der Waals surface area contributed by atoms with Gasteiger partial charge in [0.05, 0.1) is 11.5 Å². The molecule has 1 N–H and O–H groups in total. The van der Waals surface area contributed by atoms with Crippen LogP contribution in [0, 0.1) is 11.7 Å². The van der Waals surface area contributed by atoms with Gasteiger partial charge in [-0.3, -0.25) is 4.79 Å². The van der Waals surface area contributed by atoms with Gasteiger partial charge in [0.15, 0.2) is 9.84 Å². The van der Waals surface area contributed by atoms with Gasteiger partial charge < -0.3 is 5.32 Å². The molecule has 0 radical (unpaired) electrons. The van der Waals surface area contributed by atoms with Crippen molar-refractivity contribution in [3.8, 4) is 0 Å². The Balaban J connectivity index is 1.54. The van der Waals surface area contributed by atoms with Crippen molar-refractivity contribution in [2.24, 2.45) is 5.92 Å². The molecule has 2 aromatic carbocycles. The third kappa shape index (κ3) is 4.89. The maximum absolute atomic E-state index is 13.2. The molecule has 6 heteroatoms. The number of amides is 1. The van der Waals surface area contributed by atoms with Gasteiger partial charge >= 0.3 is 0 Å². The van der Waals surface area contributed by atoms with Crippen LogP contribution in [0.1, 0.15) is 28.8 Å². The van der Waals surface area contributed by atoms with Crippen LogP contribution in [0.3, 0.4) is 0 Å². The van der Waals surface area contributed by atoms with E-state index in [1.807, 2.05) is 12.1 Å². The van der Waals surface area contributed by atoms with Crippen LogP contribution >= 0.6 is 0 Å². The highest BCUT2D eigenvalue weighted by atomic mass is 32.2. The fourth-order valence-electron chi connectivity index (χ4n) is 3.06. The first-order chi connectivity index (χ1) is 11.9. The summed E-state index contributed by atoms with van der Waals surface area (Å²) in [6.07, 6.45) is 2.43. The number of nitrogens with one attached hydrogen (secondary N) is 1. The molecule has 132 valence electrons. The molecule has 25 heavy (non-hydrogen) atoms. The number of rotatable bonds is 5. The van der Waals surface area contributed by atoms with E-state index in [0.717, 1.165) is 24.8 Å². The largest absolute Gasteiger partial charge is 0.322 e. The molecule has 1 saturated heterocycles. The molecule has 1 unspecified atom stereocenters. The summed E-state index contributed by atoms with van der Waals surface area (Å²) in [5.74, 6) is 0.0509. The van der Waals surface area contributed by atoms with Gasteiger partial charge in [-0.1, -0.05) is 18.2 Å². The topological polar surface area (TPSA) is 63.2 Å². The first-order valence-corrected chi connectivity index (χ1v) is 10.1. The van der Waals surface area contributed by atoms with Gasteiger partial charge in [-0.05, 0) is 61.1 Å². The molecule has 1 amide bonds. The maximum atomic E-state index is 13.2. The number of carbonyl (C=O) groups is 1. The van der Waals surface area contributed by atoms with Gasteiger partial charge in [0.25, 0.3) is 5.91 Å². The summed E-state index contributed by atoms with van der Waals surface area (Å²) in [5.41, 5.74) is 2.01. The smallest absolute Gasteiger partial charge is 0.255 e. The van der Waals surface area contributed by atoms with Crippen molar-refractivity contribution >= 4 is 21.4 Å². The molecule has 1 aliphatic heterocycles. The number of carbonyl (C=O) groups excluding carboxylic acids is 1. The summed E-state index contributed by atoms with van der Waals surface area (Å²) in [5, 5.41) is 2.74. The fraction of sp³-hybridized carbons (Fsp3) is 0.316. The van der Waals surface area contributed by atoms with Crippen molar-refractivity contribution in [2.45, 2.75) is 19.3 Å². The molecule has 1 fully saturated rings. The van der Waals surface area contributed by atoms with Crippen molar-refractivity contribution < 1.29 is 17.6 Å². The van der Waals surface area contributed by atoms with Crippen LogP contribution in [-0.4, -0.2) is 25.8 Å². The molecule has 0 spiro atoms. The Bertz CT molecular complexity index is 862. The first-order valence-electron chi connectivity index (χ1n) is 8.27. The second kappa shape index (κ2) is 7.35. The van der Waals surface area contributed by atoms with Gasteiger partial charge in [0.1, 0.15) is 5.82 Å². The molecular formula is C19H20FNO3S. The van der Waals surface area contributed by atoms with Crippen LogP contribution in [0.5, 0.6) is 0 Å². The number of hydrogen-bond acceptors (Lipinski definition) is 3. The quantitative estimate of drug-likeness (QED) is 0.887. The molecule has 1 aliphatic rings. The van der Waals surface area contributed by atoms with Crippen LogP contribution in [-0.2, 0) is 16.3 Å². The number of sulfone groups is 1. The predicted octanol–water partition coefficient (Wildman–Crippen LogP) is 3.45. The van der Waals surface area contributed by atoms with Gasteiger partial charge in [-0.2, -0.15) is 0 Å². The van der Waals surface area contributed by atoms with E-state index in [9.17, 15) is 17.6 Å². The Morgan fingerprint density at radius 3 is 2.56 bits per heavy atom. The zero-order valence-electron chi connectivity index (χ0n) is 13.7. The third-order valence-electron chi connectivity index (χ3n) is 4.47. The number of anilines is 1. The minimum atomic E-state index is -2.82. The summed E-state index contributed by atoms with van der Waals surface area (Å²) in [6.45, 7) is 0. The van der Waals surface area contributed by atoms with Crippen LogP contribution < -0.4 is 5.32 Å². The molecule has 3 rings (SSSR count). The number of halogens is 1. The van der Waals surface area contributed by atoms with Crippen LogP contribution in [0.4, 0.5) is 10.1 Å². The van der Waals surface area contributed by atoms with Gasteiger partial charge in [-0.15, -0.1) is 0 Å². The molecule has 4 nitrogen and oxygen atoms in total. The van der Waals surface area contributed by atoms with E-state index in [-0.39, 0.29) is 17.4 Å². The highest BCUT2D eigenvalue weighted by Gasteiger charge is 2.27. The highest BCUT2D eigenvalue weighted by molar-refractivity contribution is 7.91. The summed E-state index contributed by atoms with van der Waals surface area (Å²) >= 11 is 0. The molecular weight excluding hydrogens is 341 g/mol. The average Bonchev–Trinajstić information content (AvgIpc) is 2.93. The Morgan fingerprint density at radius 1 is 1.16 bits per heavy atom. The molecule has 2 aromatic rings. The highest BCUT2D eigenvalue weighted by Crippen LogP contribution is 2.23. The minimum absolute atomic E-state index is 0.248. The first kappa shape index (κ1) is 17.6.